The van der Waals surface area contributed by atoms with Gasteiger partial charge in [0.15, 0.2) is 0 Å². The zero-order valence-corrected chi connectivity index (χ0v) is 14.3. The quantitative estimate of drug-likeness (QED) is 0.851. The lowest BCUT2D eigenvalue weighted by Crippen LogP contribution is -2.46. The minimum atomic E-state index is -2.76. The number of rotatable bonds is 4. The highest BCUT2D eigenvalue weighted by molar-refractivity contribution is 5.95. The van der Waals surface area contributed by atoms with Gasteiger partial charge in [0.25, 0.3) is 12.3 Å². The smallest absolute Gasteiger partial charge is 0.282 e. The van der Waals surface area contributed by atoms with E-state index in [4.69, 9.17) is 0 Å². The number of likely N-dealkylation sites (tertiary alicyclic amines) is 1. The van der Waals surface area contributed by atoms with E-state index in [0.717, 1.165) is 18.7 Å². The van der Waals surface area contributed by atoms with E-state index < -0.39 is 12.1 Å². The maximum absolute atomic E-state index is 13.1. The van der Waals surface area contributed by atoms with Crippen molar-refractivity contribution in [1.82, 2.24) is 19.7 Å². The third-order valence-corrected chi connectivity index (χ3v) is 4.60. The number of carbonyl (C=O) groups is 1. The highest BCUT2D eigenvalue weighted by Crippen LogP contribution is 2.25. The maximum atomic E-state index is 13.1. The van der Waals surface area contributed by atoms with Crippen molar-refractivity contribution >= 4 is 11.7 Å². The van der Waals surface area contributed by atoms with Gasteiger partial charge >= 0.3 is 0 Å². The van der Waals surface area contributed by atoms with Gasteiger partial charge in [0.1, 0.15) is 11.5 Å². The predicted molar refractivity (Wildman–Crippen MR) is 89.7 cm³/mol. The van der Waals surface area contributed by atoms with Crippen LogP contribution in [0.15, 0.2) is 30.6 Å². The van der Waals surface area contributed by atoms with Crippen LogP contribution in [0.1, 0.15) is 35.3 Å². The number of piperidine rings is 1. The Hall–Kier alpha value is -2.51. The van der Waals surface area contributed by atoms with E-state index in [9.17, 15) is 13.6 Å². The van der Waals surface area contributed by atoms with E-state index >= 15 is 0 Å². The van der Waals surface area contributed by atoms with E-state index in [-0.39, 0.29) is 17.5 Å². The monoisotopic (exact) mass is 349 g/mol. The molecule has 1 amide bonds. The molecule has 0 N–H and O–H groups in total. The molecule has 0 saturated carbocycles. The summed E-state index contributed by atoms with van der Waals surface area (Å²) in [4.78, 5) is 20.7. The van der Waals surface area contributed by atoms with E-state index in [0.29, 0.717) is 13.1 Å². The van der Waals surface area contributed by atoms with Crippen LogP contribution in [0.4, 0.5) is 14.6 Å². The van der Waals surface area contributed by atoms with Crippen LogP contribution in [-0.2, 0) is 7.05 Å². The lowest BCUT2D eigenvalue weighted by Gasteiger charge is -2.37. The van der Waals surface area contributed by atoms with E-state index in [1.165, 1.54) is 17.9 Å². The van der Waals surface area contributed by atoms with Crippen LogP contribution in [0.2, 0.25) is 0 Å². The molecule has 1 aliphatic rings. The number of aryl methyl sites for hydroxylation is 1. The average molecular weight is 349 g/mol. The van der Waals surface area contributed by atoms with Crippen LogP contribution in [0.25, 0.3) is 0 Å². The van der Waals surface area contributed by atoms with Gasteiger partial charge < -0.3 is 9.80 Å². The minimum Gasteiger partial charge on any atom is -0.357 e. The van der Waals surface area contributed by atoms with Crippen molar-refractivity contribution in [2.45, 2.75) is 25.3 Å². The Morgan fingerprint density at radius 2 is 2.04 bits per heavy atom. The summed E-state index contributed by atoms with van der Waals surface area (Å²) >= 11 is 0. The molecule has 25 heavy (non-hydrogen) atoms. The number of hydrogen-bond acceptors (Lipinski definition) is 4. The summed E-state index contributed by atoms with van der Waals surface area (Å²) in [6.07, 6.45) is 1.90. The predicted octanol–water partition coefficient (Wildman–Crippen LogP) is 2.49. The molecule has 0 radical (unpaired) electrons. The Bertz CT molecular complexity index is 726. The summed E-state index contributed by atoms with van der Waals surface area (Å²) in [7, 11) is 3.53. The molecule has 0 bridgehead atoms. The number of carbonyl (C=O) groups excluding carboxylic acids is 1. The lowest BCUT2D eigenvalue weighted by molar-refractivity contribution is 0.0701. The molecule has 8 heteroatoms. The third-order valence-electron chi connectivity index (χ3n) is 4.60. The van der Waals surface area contributed by atoms with Gasteiger partial charge in [-0.1, -0.05) is 6.07 Å². The fourth-order valence-corrected chi connectivity index (χ4v) is 3.21. The first-order chi connectivity index (χ1) is 12.0. The lowest BCUT2D eigenvalue weighted by atomic mass is 10.0. The normalized spacial score (nSPS) is 15.6. The van der Waals surface area contributed by atoms with Crippen LogP contribution in [0.3, 0.4) is 0 Å². The first-order valence-corrected chi connectivity index (χ1v) is 8.22. The Balaban J connectivity index is 1.65. The largest absolute Gasteiger partial charge is 0.357 e. The number of alkyl halides is 2. The molecule has 6 nitrogen and oxygen atoms in total. The Morgan fingerprint density at radius 3 is 2.64 bits per heavy atom. The van der Waals surface area contributed by atoms with Crippen molar-refractivity contribution in [2.75, 3.05) is 25.0 Å². The van der Waals surface area contributed by atoms with Crippen molar-refractivity contribution in [3.8, 4) is 0 Å². The molecule has 134 valence electrons. The van der Waals surface area contributed by atoms with Gasteiger partial charge in [0, 0.05) is 45.6 Å². The molecule has 0 aliphatic carbocycles. The van der Waals surface area contributed by atoms with Gasteiger partial charge in [-0.05, 0) is 25.0 Å². The summed E-state index contributed by atoms with van der Waals surface area (Å²) in [6.45, 7) is 1.05. The zero-order chi connectivity index (χ0) is 18.0. The summed E-state index contributed by atoms with van der Waals surface area (Å²) in [5.74, 6) is 0.516. The first-order valence-electron chi connectivity index (χ1n) is 8.22. The van der Waals surface area contributed by atoms with Crippen LogP contribution in [0.5, 0.6) is 0 Å². The number of anilines is 1. The molecular weight excluding hydrogens is 328 g/mol. The standard InChI is InChI=1S/C17H21F2N5O/c1-22-11-13(15(21-22)16(18)19)17(25)24-9-6-12(7-10-24)23(2)14-5-3-4-8-20-14/h3-5,8,11-12,16H,6-7,9-10H2,1-2H3. The molecule has 0 atom stereocenters. The molecule has 1 aliphatic heterocycles. The van der Waals surface area contributed by atoms with E-state index in [2.05, 4.69) is 15.0 Å². The summed E-state index contributed by atoms with van der Waals surface area (Å²) in [5.41, 5.74) is -0.450. The summed E-state index contributed by atoms with van der Waals surface area (Å²) in [6, 6.07) is 6.02. The van der Waals surface area contributed by atoms with Crippen LogP contribution in [-0.4, -0.2) is 51.8 Å². The molecule has 2 aromatic heterocycles. The molecule has 1 saturated heterocycles. The molecule has 0 spiro atoms. The highest BCUT2D eigenvalue weighted by atomic mass is 19.3. The van der Waals surface area contributed by atoms with Gasteiger partial charge in [-0.3, -0.25) is 9.48 Å². The van der Waals surface area contributed by atoms with Gasteiger partial charge in [0.05, 0.1) is 5.56 Å². The second-order valence-electron chi connectivity index (χ2n) is 6.22. The Kier molecular flexibility index (Phi) is 4.96. The number of aromatic nitrogens is 3. The fraction of sp³-hybridized carbons (Fsp3) is 0.471. The fourth-order valence-electron chi connectivity index (χ4n) is 3.21. The van der Waals surface area contributed by atoms with Gasteiger partial charge in [0.2, 0.25) is 0 Å². The number of nitrogens with zero attached hydrogens (tertiary/aromatic N) is 5. The molecule has 3 heterocycles. The summed E-state index contributed by atoms with van der Waals surface area (Å²) in [5, 5.41) is 3.71. The maximum Gasteiger partial charge on any atom is 0.282 e. The number of amides is 1. The molecule has 2 aromatic rings. The van der Waals surface area contributed by atoms with Crippen LogP contribution < -0.4 is 4.90 Å². The number of pyridine rings is 1. The van der Waals surface area contributed by atoms with Crippen LogP contribution >= 0.6 is 0 Å². The SMILES string of the molecule is CN(c1ccccn1)C1CCN(C(=O)c2cn(C)nc2C(F)F)CC1. The summed E-state index contributed by atoms with van der Waals surface area (Å²) < 4.78 is 27.4. The van der Waals surface area contributed by atoms with Crippen molar-refractivity contribution in [3.05, 3.63) is 41.9 Å². The first kappa shape index (κ1) is 17.3. The van der Waals surface area contributed by atoms with Gasteiger partial charge in [-0.2, -0.15) is 5.10 Å². The van der Waals surface area contributed by atoms with Crippen molar-refractivity contribution in [3.63, 3.8) is 0 Å². The average Bonchev–Trinajstić information content (AvgIpc) is 3.03. The van der Waals surface area contributed by atoms with E-state index in [1.54, 1.807) is 11.1 Å². The molecule has 1 fully saturated rings. The Labute approximate surface area is 145 Å². The van der Waals surface area contributed by atoms with Crippen LogP contribution in [0, 0.1) is 0 Å². The minimum absolute atomic E-state index is 0.00553. The molecular formula is C17H21F2N5O. The topological polar surface area (TPSA) is 54.3 Å². The van der Waals surface area contributed by atoms with Crippen molar-refractivity contribution < 1.29 is 13.6 Å². The second-order valence-corrected chi connectivity index (χ2v) is 6.22. The molecule has 0 unspecified atom stereocenters. The number of halogens is 2. The van der Waals surface area contributed by atoms with Crippen molar-refractivity contribution in [1.29, 1.82) is 0 Å². The van der Waals surface area contributed by atoms with E-state index in [1.807, 2.05) is 25.2 Å². The highest BCUT2D eigenvalue weighted by Gasteiger charge is 2.30. The zero-order valence-electron chi connectivity index (χ0n) is 14.3. The Morgan fingerprint density at radius 1 is 1.32 bits per heavy atom. The third kappa shape index (κ3) is 3.62. The second kappa shape index (κ2) is 7.16. The van der Waals surface area contributed by atoms with Crippen molar-refractivity contribution in [2.24, 2.45) is 7.05 Å². The number of hydrogen-bond donors (Lipinski definition) is 0. The molecule has 3 rings (SSSR count). The van der Waals surface area contributed by atoms with Gasteiger partial charge in [-0.25, -0.2) is 13.8 Å². The molecule has 0 aromatic carbocycles. The van der Waals surface area contributed by atoms with Gasteiger partial charge in [-0.15, -0.1) is 0 Å².